The molecule has 12 nitrogen and oxygen atoms in total. The minimum atomic E-state index is -4.88. The minimum absolute atomic E-state index is 0.170. The van der Waals surface area contributed by atoms with Crippen molar-refractivity contribution in [3.63, 3.8) is 0 Å². The number of hydrogen-bond donors (Lipinski definition) is 5. The third-order valence-corrected chi connectivity index (χ3v) is 9.92. The SMILES string of the molecule is O=P(O)(O)CS(=O)(=O)C[C@H]1O[C@@H](n2ccc3c(NC4CCC(F)(F)CC4)nc(Cl)nc32)[C@H](O)[C@@H]1O. The van der Waals surface area contributed by atoms with E-state index in [4.69, 9.17) is 26.1 Å². The molecule has 1 saturated heterocycles. The standard InChI is InChI=1S/C18H24ClF2N4O8PS/c19-17-23-14(22-9-1-4-18(20,21)5-2-9)10-3-6-25(15(10)24-17)16-13(27)12(26)11(33-16)7-35(31,32)8-34(28,29)30/h3,6,9,11-13,16,26-27H,1-2,4-5,7-8H2,(H,22,23,24)(H2,28,29,30)/t11-,12-,13-,16-/m1/s1. The van der Waals surface area contributed by atoms with Crippen molar-refractivity contribution in [3.8, 4) is 0 Å². The zero-order chi connectivity index (χ0) is 25.8. The summed E-state index contributed by atoms with van der Waals surface area (Å²) in [6.45, 7) is 0. The lowest BCUT2D eigenvalue weighted by Crippen LogP contribution is -2.35. The van der Waals surface area contributed by atoms with Crippen LogP contribution in [0.1, 0.15) is 31.9 Å². The van der Waals surface area contributed by atoms with Gasteiger partial charge in [-0.15, -0.1) is 0 Å². The summed E-state index contributed by atoms with van der Waals surface area (Å²) < 4.78 is 69.2. The number of halogens is 3. The van der Waals surface area contributed by atoms with E-state index in [0.717, 1.165) is 0 Å². The third kappa shape index (κ3) is 6.10. The number of nitrogens with one attached hydrogen (secondary N) is 1. The first-order valence-corrected chi connectivity index (χ1v) is 14.6. The van der Waals surface area contributed by atoms with E-state index >= 15 is 0 Å². The number of aliphatic hydroxyl groups excluding tert-OH is 2. The van der Waals surface area contributed by atoms with Crippen molar-refractivity contribution in [2.45, 2.75) is 62.2 Å². The molecule has 0 amide bonds. The molecule has 4 rings (SSSR count). The number of rotatable bonds is 7. The van der Waals surface area contributed by atoms with Gasteiger partial charge in [0.1, 0.15) is 29.8 Å². The van der Waals surface area contributed by atoms with E-state index in [1.165, 1.54) is 10.8 Å². The summed E-state index contributed by atoms with van der Waals surface area (Å²) in [4.78, 5) is 26.2. The normalized spacial score (nSPS) is 28.0. The van der Waals surface area contributed by atoms with E-state index < -0.39 is 59.1 Å². The second-order valence-corrected chi connectivity index (χ2v) is 13.3. The maximum atomic E-state index is 13.5. The molecule has 1 saturated carbocycles. The maximum absolute atomic E-state index is 13.5. The van der Waals surface area contributed by atoms with E-state index in [9.17, 15) is 32.0 Å². The number of hydrogen-bond acceptors (Lipinski definition) is 9. The second kappa shape index (κ2) is 9.45. The van der Waals surface area contributed by atoms with Crippen LogP contribution in [0.2, 0.25) is 5.28 Å². The number of alkyl halides is 2. The molecule has 4 atom stereocenters. The molecular weight excluding hydrogens is 537 g/mol. The Balaban J connectivity index is 1.57. The van der Waals surface area contributed by atoms with Gasteiger partial charge in [-0.3, -0.25) is 4.57 Å². The summed E-state index contributed by atoms with van der Waals surface area (Å²) in [5.41, 5.74) is -1.26. The molecule has 0 unspecified atom stereocenters. The van der Waals surface area contributed by atoms with Crippen LogP contribution in [0.3, 0.4) is 0 Å². The first kappa shape index (κ1) is 26.6. The molecule has 1 aliphatic carbocycles. The highest BCUT2D eigenvalue weighted by Gasteiger charge is 2.46. The zero-order valence-electron chi connectivity index (χ0n) is 18.0. The van der Waals surface area contributed by atoms with Gasteiger partial charge in [0.05, 0.1) is 11.1 Å². The zero-order valence-corrected chi connectivity index (χ0v) is 20.5. The van der Waals surface area contributed by atoms with E-state index in [0.29, 0.717) is 5.39 Å². The summed E-state index contributed by atoms with van der Waals surface area (Å²) >= 11 is 6.06. The van der Waals surface area contributed by atoms with E-state index in [2.05, 4.69) is 15.3 Å². The van der Waals surface area contributed by atoms with Gasteiger partial charge in [-0.1, -0.05) is 0 Å². The number of fused-ring (bicyclic) bond motifs is 1. The summed E-state index contributed by atoms with van der Waals surface area (Å²) in [7, 11) is -9.21. The number of sulfone groups is 1. The molecule has 2 aromatic rings. The third-order valence-electron chi connectivity index (χ3n) is 6.00. The van der Waals surface area contributed by atoms with Gasteiger partial charge in [0.15, 0.2) is 21.6 Å². The van der Waals surface area contributed by atoms with Crippen molar-refractivity contribution in [3.05, 3.63) is 17.5 Å². The molecule has 0 spiro atoms. The molecule has 0 aromatic carbocycles. The average Bonchev–Trinajstić information content (AvgIpc) is 3.23. The maximum Gasteiger partial charge on any atom is 0.340 e. The number of nitrogens with zero attached hydrogens (tertiary/aromatic N) is 3. The molecule has 0 radical (unpaired) electrons. The van der Waals surface area contributed by atoms with Gasteiger partial charge in [-0.25, -0.2) is 22.2 Å². The molecule has 196 valence electrons. The van der Waals surface area contributed by atoms with E-state index in [1.54, 1.807) is 6.07 Å². The molecule has 17 heteroatoms. The highest BCUT2D eigenvalue weighted by Crippen LogP contribution is 2.39. The van der Waals surface area contributed by atoms with Crippen molar-refractivity contribution in [1.29, 1.82) is 0 Å². The molecule has 1 aliphatic heterocycles. The van der Waals surface area contributed by atoms with Crippen molar-refractivity contribution >= 4 is 45.9 Å². The minimum Gasteiger partial charge on any atom is -0.387 e. The first-order valence-electron chi connectivity index (χ1n) is 10.6. The monoisotopic (exact) mass is 560 g/mol. The van der Waals surface area contributed by atoms with Crippen LogP contribution in [0, 0.1) is 0 Å². The number of aliphatic hydroxyl groups is 2. The van der Waals surface area contributed by atoms with Gasteiger partial charge in [0.25, 0.3) is 0 Å². The topological polar surface area (TPSA) is 184 Å². The molecule has 35 heavy (non-hydrogen) atoms. The predicted octanol–water partition coefficient (Wildman–Crippen LogP) is 1.24. The van der Waals surface area contributed by atoms with Gasteiger partial charge in [0, 0.05) is 25.1 Å². The number of anilines is 1. The summed E-state index contributed by atoms with van der Waals surface area (Å²) in [5, 5.41) is 24.2. The van der Waals surface area contributed by atoms with Crippen LogP contribution < -0.4 is 5.32 Å². The molecule has 0 bridgehead atoms. The average molecular weight is 561 g/mol. The predicted molar refractivity (Wildman–Crippen MR) is 120 cm³/mol. The summed E-state index contributed by atoms with van der Waals surface area (Å²) in [6, 6.07) is 1.29. The second-order valence-electron chi connectivity index (χ2n) is 8.83. The lowest BCUT2D eigenvalue weighted by atomic mass is 9.92. The van der Waals surface area contributed by atoms with Gasteiger partial charge < -0.3 is 34.6 Å². The Morgan fingerprint density at radius 2 is 1.89 bits per heavy atom. The van der Waals surface area contributed by atoms with Gasteiger partial charge >= 0.3 is 7.60 Å². The first-order chi connectivity index (χ1) is 16.1. The largest absolute Gasteiger partial charge is 0.387 e. The van der Waals surface area contributed by atoms with Gasteiger partial charge in [0.2, 0.25) is 11.2 Å². The molecule has 2 aliphatic rings. The molecular formula is C18H24ClF2N4O8PS. The number of ether oxygens (including phenoxy) is 1. The van der Waals surface area contributed by atoms with Crippen LogP contribution in [0.15, 0.2) is 12.3 Å². The Bertz CT molecular complexity index is 1250. The molecule has 3 heterocycles. The fourth-order valence-electron chi connectivity index (χ4n) is 4.36. The molecule has 2 fully saturated rings. The fraction of sp³-hybridized carbons (Fsp3) is 0.667. The van der Waals surface area contributed by atoms with E-state index in [-0.39, 0.29) is 48.5 Å². The Kier molecular flexibility index (Phi) is 7.19. The van der Waals surface area contributed by atoms with Crippen LogP contribution in [0.25, 0.3) is 11.0 Å². The quantitative estimate of drug-likeness (QED) is 0.242. The summed E-state index contributed by atoms with van der Waals surface area (Å²) in [5.74, 6) is -3.35. The molecule has 2 aromatic heterocycles. The lowest BCUT2D eigenvalue weighted by Gasteiger charge is -2.29. The fourth-order valence-corrected chi connectivity index (χ4v) is 7.77. The van der Waals surface area contributed by atoms with E-state index in [1.807, 2.05) is 0 Å². The highest BCUT2D eigenvalue weighted by molar-refractivity contribution is 7.97. The van der Waals surface area contributed by atoms with Crippen molar-refractivity contribution in [2.24, 2.45) is 0 Å². The Hall–Kier alpha value is -1.45. The number of aromatic nitrogens is 3. The highest BCUT2D eigenvalue weighted by atomic mass is 35.5. The van der Waals surface area contributed by atoms with Crippen LogP contribution in [-0.2, 0) is 19.1 Å². The van der Waals surface area contributed by atoms with Crippen molar-refractivity contribution in [1.82, 2.24) is 14.5 Å². The van der Waals surface area contributed by atoms with Gasteiger partial charge in [-0.05, 0) is 30.5 Å². The summed E-state index contributed by atoms with van der Waals surface area (Å²) in [6.07, 6.45) is -4.69. The Morgan fingerprint density at radius 3 is 2.51 bits per heavy atom. The van der Waals surface area contributed by atoms with Crippen LogP contribution >= 0.6 is 19.2 Å². The Labute approximate surface area is 203 Å². The van der Waals surface area contributed by atoms with Crippen LogP contribution in [0.5, 0.6) is 0 Å². The van der Waals surface area contributed by atoms with Crippen LogP contribution in [-0.4, -0.2) is 84.5 Å². The van der Waals surface area contributed by atoms with Gasteiger partial charge in [-0.2, -0.15) is 4.98 Å². The molecule has 5 N–H and O–H groups in total. The van der Waals surface area contributed by atoms with Crippen molar-refractivity contribution in [2.75, 3.05) is 16.6 Å². The Morgan fingerprint density at radius 1 is 1.23 bits per heavy atom. The lowest BCUT2D eigenvalue weighted by molar-refractivity contribution is -0.0361. The van der Waals surface area contributed by atoms with Crippen molar-refractivity contribution < 1.29 is 46.5 Å². The smallest absolute Gasteiger partial charge is 0.340 e. The van der Waals surface area contributed by atoms with Crippen LogP contribution in [0.4, 0.5) is 14.6 Å².